The van der Waals surface area contributed by atoms with Crippen molar-refractivity contribution in [2.24, 2.45) is 5.92 Å². The van der Waals surface area contributed by atoms with Crippen LogP contribution in [0.4, 0.5) is 0 Å². The lowest BCUT2D eigenvalue weighted by Crippen LogP contribution is -2.70. The monoisotopic (exact) mass is 237 g/mol. The average molecular weight is 237 g/mol. The first kappa shape index (κ1) is 11.9. The summed E-state index contributed by atoms with van der Waals surface area (Å²) in [7, 11) is 0. The van der Waals surface area contributed by atoms with E-state index in [9.17, 15) is 0 Å². The molecule has 0 spiro atoms. The number of hydrogen-bond acceptors (Lipinski definition) is 3. The smallest absolute Gasteiger partial charge is 0.0244 e. The Morgan fingerprint density at radius 2 is 1.76 bits per heavy atom. The van der Waals surface area contributed by atoms with Gasteiger partial charge < -0.3 is 5.32 Å². The highest BCUT2D eigenvalue weighted by Crippen LogP contribution is 2.34. The lowest BCUT2D eigenvalue weighted by Gasteiger charge is -2.58. The molecule has 2 atom stereocenters. The first-order chi connectivity index (χ1) is 8.24. The van der Waals surface area contributed by atoms with Crippen molar-refractivity contribution >= 4 is 0 Å². The molecule has 0 radical (unpaired) electrons. The van der Waals surface area contributed by atoms with Crippen molar-refractivity contribution in [2.45, 2.75) is 51.2 Å². The highest BCUT2D eigenvalue weighted by molar-refractivity contribution is 5.02. The summed E-state index contributed by atoms with van der Waals surface area (Å²) in [5.41, 5.74) is 0. The molecule has 4 saturated heterocycles. The Morgan fingerprint density at radius 3 is 2.35 bits per heavy atom. The molecule has 3 nitrogen and oxygen atoms in total. The van der Waals surface area contributed by atoms with E-state index in [1.807, 2.05) is 0 Å². The summed E-state index contributed by atoms with van der Waals surface area (Å²) in [5.74, 6) is 0.959. The Morgan fingerprint density at radius 1 is 1.12 bits per heavy atom. The topological polar surface area (TPSA) is 18.5 Å². The lowest BCUT2D eigenvalue weighted by molar-refractivity contribution is -0.0914. The number of hydrogen-bond donors (Lipinski definition) is 1. The van der Waals surface area contributed by atoms with Crippen molar-refractivity contribution in [3.05, 3.63) is 0 Å². The van der Waals surface area contributed by atoms with Crippen LogP contribution in [0.1, 0.15) is 33.1 Å². The van der Waals surface area contributed by atoms with Crippen molar-refractivity contribution in [3.63, 3.8) is 0 Å². The molecular formula is C14H27N3. The average Bonchev–Trinajstić information content (AvgIpc) is 2.29. The van der Waals surface area contributed by atoms with E-state index in [4.69, 9.17) is 0 Å². The SMILES string of the molecule is CC(C)N1C2CC1CN(CC1CCNCC1)C2. The molecule has 0 aromatic heterocycles. The van der Waals surface area contributed by atoms with Crippen LogP contribution >= 0.6 is 0 Å². The van der Waals surface area contributed by atoms with E-state index < -0.39 is 0 Å². The van der Waals surface area contributed by atoms with Crippen LogP contribution in [-0.2, 0) is 0 Å². The van der Waals surface area contributed by atoms with Gasteiger partial charge >= 0.3 is 0 Å². The molecule has 1 N–H and O–H groups in total. The first-order valence-electron chi connectivity index (χ1n) is 7.44. The van der Waals surface area contributed by atoms with Crippen LogP contribution in [0.15, 0.2) is 0 Å². The van der Waals surface area contributed by atoms with Crippen LogP contribution < -0.4 is 5.32 Å². The van der Waals surface area contributed by atoms with E-state index in [2.05, 4.69) is 29.0 Å². The Bertz CT molecular complexity index is 248. The number of piperazine rings is 1. The van der Waals surface area contributed by atoms with Crippen LogP contribution in [0.5, 0.6) is 0 Å². The second kappa shape index (κ2) is 4.87. The van der Waals surface area contributed by atoms with Crippen molar-refractivity contribution in [1.82, 2.24) is 15.1 Å². The molecule has 4 aliphatic heterocycles. The molecule has 0 aliphatic carbocycles. The van der Waals surface area contributed by atoms with Gasteiger partial charge in [0, 0.05) is 37.8 Å². The number of nitrogens with zero attached hydrogens (tertiary/aromatic N) is 2. The minimum absolute atomic E-state index is 0.750. The molecule has 98 valence electrons. The highest BCUT2D eigenvalue weighted by Gasteiger charge is 2.45. The van der Waals surface area contributed by atoms with Crippen LogP contribution in [0.2, 0.25) is 0 Å². The van der Waals surface area contributed by atoms with Gasteiger partial charge in [0.25, 0.3) is 0 Å². The predicted molar refractivity (Wildman–Crippen MR) is 71.2 cm³/mol. The van der Waals surface area contributed by atoms with Crippen LogP contribution in [-0.4, -0.2) is 60.6 Å². The Labute approximate surface area is 106 Å². The van der Waals surface area contributed by atoms with E-state index in [-0.39, 0.29) is 0 Å². The van der Waals surface area contributed by atoms with Gasteiger partial charge in [-0.25, -0.2) is 0 Å². The van der Waals surface area contributed by atoms with Crippen molar-refractivity contribution in [1.29, 1.82) is 0 Å². The van der Waals surface area contributed by atoms with Gasteiger partial charge in [0.15, 0.2) is 0 Å². The summed E-state index contributed by atoms with van der Waals surface area (Å²) in [5, 5.41) is 3.46. The summed E-state index contributed by atoms with van der Waals surface area (Å²) in [4.78, 5) is 5.48. The second-order valence-electron chi connectivity index (χ2n) is 6.50. The van der Waals surface area contributed by atoms with Crippen molar-refractivity contribution < 1.29 is 0 Å². The predicted octanol–water partition coefficient (Wildman–Crippen LogP) is 1.15. The molecule has 17 heavy (non-hydrogen) atoms. The van der Waals surface area contributed by atoms with Gasteiger partial charge in [0.05, 0.1) is 0 Å². The normalized spacial score (nSPS) is 36.2. The molecule has 2 bridgehead atoms. The molecule has 4 aliphatic rings. The maximum absolute atomic E-state index is 3.46. The Balaban J connectivity index is 1.48. The minimum atomic E-state index is 0.750. The van der Waals surface area contributed by atoms with Crippen LogP contribution in [0.25, 0.3) is 0 Å². The van der Waals surface area contributed by atoms with Crippen LogP contribution in [0.3, 0.4) is 0 Å². The highest BCUT2D eigenvalue weighted by atomic mass is 15.4. The Kier molecular flexibility index (Phi) is 3.42. The van der Waals surface area contributed by atoms with Gasteiger partial charge in [-0.15, -0.1) is 0 Å². The fourth-order valence-corrected chi connectivity index (χ4v) is 4.15. The summed E-state index contributed by atoms with van der Waals surface area (Å²) in [6.07, 6.45) is 4.24. The molecule has 4 rings (SSSR count). The fraction of sp³-hybridized carbons (Fsp3) is 1.00. The fourth-order valence-electron chi connectivity index (χ4n) is 4.15. The largest absolute Gasteiger partial charge is 0.317 e. The van der Waals surface area contributed by atoms with Gasteiger partial charge in [-0.05, 0) is 52.1 Å². The summed E-state index contributed by atoms with van der Waals surface area (Å²) in [6.45, 7) is 11.2. The third-order valence-corrected chi connectivity index (χ3v) is 4.90. The Hall–Kier alpha value is -0.120. The number of rotatable bonds is 3. The summed E-state index contributed by atoms with van der Waals surface area (Å²) in [6, 6.07) is 2.49. The number of piperidine rings is 2. The van der Waals surface area contributed by atoms with Crippen molar-refractivity contribution in [3.8, 4) is 0 Å². The summed E-state index contributed by atoms with van der Waals surface area (Å²) >= 11 is 0. The van der Waals surface area contributed by atoms with E-state index >= 15 is 0 Å². The zero-order chi connectivity index (χ0) is 11.8. The van der Waals surface area contributed by atoms with E-state index in [0.29, 0.717) is 0 Å². The number of nitrogens with one attached hydrogen (secondary N) is 1. The zero-order valence-electron chi connectivity index (χ0n) is 11.4. The van der Waals surface area contributed by atoms with Gasteiger partial charge in [-0.2, -0.15) is 0 Å². The molecule has 0 amide bonds. The molecule has 0 aromatic rings. The summed E-state index contributed by atoms with van der Waals surface area (Å²) < 4.78 is 0. The zero-order valence-corrected chi connectivity index (χ0v) is 11.4. The van der Waals surface area contributed by atoms with Crippen molar-refractivity contribution in [2.75, 3.05) is 32.7 Å². The lowest BCUT2D eigenvalue weighted by atomic mass is 9.85. The van der Waals surface area contributed by atoms with Gasteiger partial charge in [0.2, 0.25) is 0 Å². The molecule has 4 heterocycles. The molecule has 3 heteroatoms. The minimum Gasteiger partial charge on any atom is -0.317 e. The molecule has 0 aromatic carbocycles. The first-order valence-corrected chi connectivity index (χ1v) is 7.44. The molecule has 4 fully saturated rings. The van der Waals surface area contributed by atoms with E-state index in [1.54, 1.807) is 0 Å². The van der Waals surface area contributed by atoms with Crippen LogP contribution in [0, 0.1) is 5.92 Å². The molecular weight excluding hydrogens is 210 g/mol. The quantitative estimate of drug-likeness (QED) is 0.794. The van der Waals surface area contributed by atoms with Gasteiger partial charge in [-0.3, -0.25) is 9.80 Å². The third kappa shape index (κ3) is 2.38. The van der Waals surface area contributed by atoms with Gasteiger partial charge in [0.1, 0.15) is 0 Å². The van der Waals surface area contributed by atoms with E-state index in [1.165, 1.54) is 52.0 Å². The van der Waals surface area contributed by atoms with E-state index in [0.717, 1.165) is 24.0 Å². The molecule has 0 saturated carbocycles. The maximum Gasteiger partial charge on any atom is 0.0244 e. The maximum atomic E-state index is 3.46. The third-order valence-electron chi connectivity index (χ3n) is 4.90. The standard InChI is InChI=1S/C14H27N3/c1-11(2)17-13-7-14(17)10-16(9-13)8-12-3-5-15-6-4-12/h11-15H,3-10H2,1-2H3. The van der Waals surface area contributed by atoms with Gasteiger partial charge in [-0.1, -0.05) is 0 Å². The number of fused-ring (bicyclic) bond motifs is 2. The second-order valence-corrected chi connectivity index (χ2v) is 6.50. The molecule has 2 unspecified atom stereocenters.